The van der Waals surface area contributed by atoms with E-state index >= 15 is 0 Å². The number of nitrogens with zero attached hydrogens (tertiary/aromatic N) is 2. The van der Waals surface area contributed by atoms with Crippen molar-refractivity contribution in [2.45, 2.75) is 13.8 Å². The van der Waals surface area contributed by atoms with Crippen LogP contribution >= 0.6 is 0 Å². The third-order valence-electron chi connectivity index (χ3n) is 6.73. The van der Waals surface area contributed by atoms with Crippen molar-refractivity contribution >= 4 is 46.2 Å². The number of carbonyl (C=O) groups is 2. The zero-order chi connectivity index (χ0) is 28.9. The maximum atomic E-state index is 12.8. The predicted molar refractivity (Wildman–Crippen MR) is 166 cm³/mol. The van der Waals surface area contributed by atoms with Gasteiger partial charge in [0.2, 0.25) is 0 Å². The van der Waals surface area contributed by atoms with Crippen LogP contribution in [0, 0.1) is 13.8 Å². The van der Waals surface area contributed by atoms with Crippen LogP contribution in [0.5, 0.6) is 0 Å². The number of aryl methyl sites for hydroxylation is 2. The molecule has 3 aromatic heterocycles. The highest BCUT2D eigenvalue weighted by Crippen LogP contribution is 2.24. The average Bonchev–Trinajstić information content (AvgIpc) is 3.70. The van der Waals surface area contributed by atoms with E-state index in [9.17, 15) is 9.59 Å². The smallest absolute Gasteiger partial charge is 0.255 e. The van der Waals surface area contributed by atoms with Gasteiger partial charge in [0, 0.05) is 51.7 Å². The minimum atomic E-state index is -0.281. The van der Waals surface area contributed by atoms with E-state index in [1.54, 1.807) is 23.0 Å². The minimum Gasteiger partial charge on any atom is -0.365 e. The second-order valence-corrected chi connectivity index (χ2v) is 9.58. The molecule has 0 radical (unpaired) electrons. The zero-order valence-electron chi connectivity index (χ0n) is 22.9. The Morgan fingerprint density at radius 2 is 1.66 bits per heavy atom. The Hall–Kier alpha value is -5.63. The molecule has 0 aliphatic carbocycles. The number of rotatable bonds is 9. The number of aromatic nitrogens is 4. The molecule has 0 saturated carbocycles. The molecule has 8 nitrogen and oxygen atoms in total. The van der Waals surface area contributed by atoms with Crippen LogP contribution in [0.4, 0.5) is 11.4 Å². The fraction of sp³-hybridized carbons (Fsp3) is 0.0606. The first kappa shape index (κ1) is 27.0. The number of anilines is 2. The van der Waals surface area contributed by atoms with Crippen molar-refractivity contribution in [1.29, 1.82) is 0 Å². The number of benzene rings is 2. The molecule has 0 aliphatic rings. The first-order chi connectivity index (χ1) is 19.8. The van der Waals surface area contributed by atoms with Crippen LogP contribution in [0.1, 0.15) is 22.5 Å². The Balaban J connectivity index is 1.26. The van der Waals surface area contributed by atoms with Gasteiger partial charge in [-0.3, -0.25) is 9.59 Å². The Bertz CT molecular complexity index is 1830. The van der Waals surface area contributed by atoms with Gasteiger partial charge < -0.3 is 20.6 Å². The summed E-state index contributed by atoms with van der Waals surface area (Å²) in [5.41, 5.74) is 7.74. The molecule has 2 amide bonds. The SMILES string of the molecule is C=C/C(=C\c1[nH]ccc1C)C(=O)Nc1ccc(-n2ncc3cc(NC(=O)C(=C)/C=C\c4cc[nH]c4C)ccc32)cc1. The molecule has 0 aliphatic heterocycles. The summed E-state index contributed by atoms with van der Waals surface area (Å²) in [5, 5.41) is 11.2. The van der Waals surface area contributed by atoms with Crippen molar-refractivity contribution < 1.29 is 9.59 Å². The third kappa shape index (κ3) is 6.02. The molecule has 204 valence electrons. The average molecular weight is 543 g/mol. The molecule has 2 aromatic carbocycles. The van der Waals surface area contributed by atoms with Gasteiger partial charge >= 0.3 is 0 Å². The van der Waals surface area contributed by atoms with Gasteiger partial charge in [-0.1, -0.05) is 25.3 Å². The minimum absolute atomic E-state index is 0.251. The van der Waals surface area contributed by atoms with E-state index in [1.165, 1.54) is 6.08 Å². The number of aromatic amines is 2. The van der Waals surface area contributed by atoms with Gasteiger partial charge in [0.25, 0.3) is 11.8 Å². The lowest BCUT2D eigenvalue weighted by atomic mass is 10.1. The molecule has 0 unspecified atom stereocenters. The van der Waals surface area contributed by atoms with Crippen molar-refractivity contribution in [3.8, 4) is 5.69 Å². The molecule has 4 N–H and O–H groups in total. The van der Waals surface area contributed by atoms with Crippen LogP contribution < -0.4 is 10.6 Å². The van der Waals surface area contributed by atoms with Crippen molar-refractivity contribution in [2.24, 2.45) is 0 Å². The molecular formula is C33H30N6O2. The quantitative estimate of drug-likeness (QED) is 0.123. The summed E-state index contributed by atoms with van der Waals surface area (Å²) in [7, 11) is 0. The molecule has 0 atom stereocenters. The van der Waals surface area contributed by atoms with Crippen molar-refractivity contribution in [3.63, 3.8) is 0 Å². The zero-order valence-corrected chi connectivity index (χ0v) is 22.9. The lowest BCUT2D eigenvalue weighted by Gasteiger charge is -2.09. The molecule has 8 heteroatoms. The second-order valence-electron chi connectivity index (χ2n) is 9.58. The number of fused-ring (bicyclic) bond motifs is 1. The van der Waals surface area contributed by atoms with Gasteiger partial charge in [0.15, 0.2) is 0 Å². The van der Waals surface area contributed by atoms with Crippen LogP contribution in [0.2, 0.25) is 0 Å². The highest BCUT2D eigenvalue weighted by Gasteiger charge is 2.11. The number of hydrogen-bond acceptors (Lipinski definition) is 3. The lowest BCUT2D eigenvalue weighted by molar-refractivity contribution is -0.113. The van der Waals surface area contributed by atoms with E-state index in [-0.39, 0.29) is 11.8 Å². The Morgan fingerprint density at radius 1 is 0.927 bits per heavy atom. The van der Waals surface area contributed by atoms with Gasteiger partial charge in [-0.2, -0.15) is 5.10 Å². The summed E-state index contributed by atoms with van der Waals surface area (Å²) < 4.78 is 1.80. The Labute approximate surface area is 237 Å². The topological polar surface area (TPSA) is 108 Å². The first-order valence-corrected chi connectivity index (χ1v) is 13.0. The van der Waals surface area contributed by atoms with Crippen molar-refractivity contribution in [2.75, 3.05) is 10.6 Å². The fourth-order valence-electron chi connectivity index (χ4n) is 4.32. The molecular weight excluding hydrogens is 512 g/mol. The third-order valence-corrected chi connectivity index (χ3v) is 6.73. The summed E-state index contributed by atoms with van der Waals surface area (Å²) in [4.78, 5) is 31.7. The highest BCUT2D eigenvalue weighted by molar-refractivity contribution is 6.09. The maximum absolute atomic E-state index is 12.8. The van der Waals surface area contributed by atoms with E-state index < -0.39 is 0 Å². The van der Waals surface area contributed by atoms with E-state index in [0.29, 0.717) is 22.5 Å². The number of H-pyrrole nitrogens is 2. The van der Waals surface area contributed by atoms with Gasteiger partial charge in [0.05, 0.1) is 17.4 Å². The van der Waals surface area contributed by atoms with E-state index in [0.717, 1.165) is 39.1 Å². The van der Waals surface area contributed by atoms with E-state index in [2.05, 4.69) is 38.9 Å². The molecule has 5 rings (SSSR count). The maximum Gasteiger partial charge on any atom is 0.255 e. The summed E-state index contributed by atoms with van der Waals surface area (Å²) in [6, 6.07) is 16.9. The molecule has 0 spiro atoms. The first-order valence-electron chi connectivity index (χ1n) is 13.0. The monoisotopic (exact) mass is 542 g/mol. The van der Waals surface area contributed by atoms with E-state index in [4.69, 9.17) is 0 Å². The standard InChI is InChI=1S/C33H30N6O2/c1-5-24(19-30-21(2)14-16-35-30)33(41)37-27-8-11-29(12-9-27)39-31-13-10-28(18-26(31)20-36-39)38-32(40)22(3)6-7-25-15-17-34-23(25)4/h5-20,34-35H,1,3H2,2,4H3,(H,37,41)(H,38,40)/b7-6-,24-19+. The summed E-state index contributed by atoms with van der Waals surface area (Å²) in [6.45, 7) is 11.6. The van der Waals surface area contributed by atoms with Crippen molar-refractivity contribution in [1.82, 2.24) is 19.7 Å². The summed E-state index contributed by atoms with van der Waals surface area (Å²) in [5.74, 6) is -0.532. The number of nitrogens with one attached hydrogen (secondary N) is 4. The van der Waals surface area contributed by atoms with Gasteiger partial charge in [-0.05, 0) is 91.7 Å². The number of carbonyl (C=O) groups excluding carboxylic acids is 2. The van der Waals surface area contributed by atoms with Gasteiger partial charge in [-0.25, -0.2) is 4.68 Å². The molecule has 3 heterocycles. The second kappa shape index (κ2) is 11.6. The van der Waals surface area contributed by atoms with Crippen LogP contribution in [0.3, 0.4) is 0 Å². The molecule has 5 aromatic rings. The normalized spacial score (nSPS) is 11.6. The molecule has 0 bridgehead atoms. The highest BCUT2D eigenvalue weighted by atomic mass is 16.2. The van der Waals surface area contributed by atoms with Gasteiger partial charge in [-0.15, -0.1) is 0 Å². The number of amides is 2. The Kier molecular flexibility index (Phi) is 7.65. The largest absolute Gasteiger partial charge is 0.365 e. The van der Waals surface area contributed by atoms with Gasteiger partial charge in [0.1, 0.15) is 0 Å². The summed E-state index contributed by atoms with van der Waals surface area (Å²) >= 11 is 0. The van der Waals surface area contributed by atoms with Crippen LogP contribution in [-0.2, 0) is 9.59 Å². The predicted octanol–water partition coefficient (Wildman–Crippen LogP) is 6.71. The summed E-state index contributed by atoms with van der Waals surface area (Å²) in [6.07, 6.45) is 12.3. The molecule has 0 fully saturated rings. The fourth-order valence-corrected chi connectivity index (χ4v) is 4.32. The lowest BCUT2D eigenvalue weighted by Crippen LogP contribution is -2.13. The van der Waals surface area contributed by atoms with Crippen LogP contribution in [-0.4, -0.2) is 31.6 Å². The molecule has 0 saturated heterocycles. The van der Waals surface area contributed by atoms with Crippen molar-refractivity contribution in [3.05, 3.63) is 132 Å². The van der Waals surface area contributed by atoms with Crippen LogP contribution in [0.15, 0.2) is 110 Å². The Morgan fingerprint density at radius 3 is 2.34 bits per heavy atom. The molecule has 41 heavy (non-hydrogen) atoms. The number of hydrogen-bond donors (Lipinski definition) is 4. The van der Waals surface area contributed by atoms with Crippen LogP contribution in [0.25, 0.3) is 28.7 Å². The van der Waals surface area contributed by atoms with E-state index in [1.807, 2.05) is 86.9 Å².